The van der Waals surface area contributed by atoms with Gasteiger partial charge >= 0.3 is 0 Å². The molecule has 156 valence electrons. The predicted octanol–water partition coefficient (Wildman–Crippen LogP) is 3.22. The van der Waals surface area contributed by atoms with Crippen molar-refractivity contribution in [1.29, 1.82) is 0 Å². The van der Waals surface area contributed by atoms with Crippen LogP contribution in [0.1, 0.15) is 0 Å². The quantitative estimate of drug-likeness (QED) is 0.738. The van der Waals surface area contributed by atoms with Crippen molar-refractivity contribution in [3.63, 3.8) is 0 Å². The van der Waals surface area contributed by atoms with Crippen molar-refractivity contribution in [3.05, 3.63) is 58.1 Å². The normalized spacial score (nSPS) is 16.0. The summed E-state index contributed by atoms with van der Waals surface area (Å²) in [6, 6.07) is 7.33. The number of hydrogen-bond donors (Lipinski definition) is 1. The smallest absolute Gasteiger partial charge is 0.246 e. The van der Waals surface area contributed by atoms with Crippen LogP contribution in [0.2, 0.25) is 10.0 Å². The summed E-state index contributed by atoms with van der Waals surface area (Å²) in [6.45, 7) is 0.808. The van der Waals surface area contributed by atoms with Crippen molar-refractivity contribution in [2.24, 2.45) is 0 Å². The maximum atomic E-state index is 13.6. The number of nitrogens with zero attached hydrogens (tertiary/aromatic N) is 2. The molecule has 0 spiro atoms. The van der Waals surface area contributed by atoms with Crippen molar-refractivity contribution in [2.75, 3.05) is 38.0 Å². The van der Waals surface area contributed by atoms with Crippen molar-refractivity contribution in [2.45, 2.75) is 4.90 Å². The summed E-state index contributed by atoms with van der Waals surface area (Å²) in [6.07, 6.45) is 0. The van der Waals surface area contributed by atoms with Gasteiger partial charge in [-0.2, -0.15) is 4.31 Å². The van der Waals surface area contributed by atoms with Crippen LogP contribution >= 0.6 is 23.2 Å². The maximum absolute atomic E-state index is 13.6. The monoisotopic (exact) mass is 463 g/mol. The van der Waals surface area contributed by atoms with Crippen LogP contribution in [0.5, 0.6) is 0 Å². The van der Waals surface area contributed by atoms with Crippen LogP contribution in [0, 0.1) is 11.6 Å². The second kappa shape index (κ2) is 8.93. The van der Waals surface area contributed by atoms with E-state index in [4.69, 9.17) is 23.2 Å². The summed E-state index contributed by atoms with van der Waals surface area (Å²) in [4.78, 5) is 13.7. The first kappa shape index (κ1) is 21.9. The second-order valence-electron chi connectivity index (χ2n) is 6.40. The fourth-order valence-electron chi connectivity index (χ4n) is 2.97. The van der Waals surface area contributed by atoms with Crippen molar-refractivity contribution in [3.8, 4) is 0 Å². The molecule has 1 fully saturated rings. The molecule has 2 aromatic carbocycles. The Hall–Kier alpha value is -1.78. The van der Waals surface area contributed by atoms with Gasteiger partial charge in [-0.15, -0.1) is 0 Å². The summed E-state index contributed by atoms with van der Waals surface area (Å²) in [5, 5.41) is 2.46. The van der Waals surface area contributed by atoms with E-state index in [0.29, 0.717) is 19.2 Å². The number of carbonyl (C=O) groups excluding carboxylic acids is 1. The summed E-state index contributed by atoms with van der Waals surface area (Å²) < 4.78 is 53.5. The summed E-state index contributed by atoms with van der Waals surface area (Å²) in [5.41, 5.74) is -0.119. The zero-order valence-electron chi connectivity index (χ0n) is 15.0. The molecule has 6 nitrogen and oxygen atoms in total. The lowest BCUT2D eigenvalue weighted by Crippen LogP contribution is -2.50. The summed E-state index contributed by atoms with van der Waals surface area (Å²) >= 11 is 12.0. The zero-order chi connectivity index (χ0) is 21.2. The van der Waals surface area contributed by atoms with Crippen LogP contribution in [0.4, 0.5) is 14.5 Å². The topological polar surface area (TPSA) is 69.7 Å². The molecule has 0 bridgehead atoms. The molecule has 3 rings (SSSR count). The molecule has 0 saturated carbocycles. The van der Waals surface area contributed by atoms with Crippen molar-refractivity contribution >= 4 is 44.8 Å². The molecule has 2 aromatic rings. The SMILES string of the molecule is O=C(CN1CCN(S(=O)(=O)c2c(Cl)cccc2Cl)CC1)Nc1ccc(F)cc1F. The van der Waals surface area contributed by atoms with Crippen LogP contribution in [0.15, 0.2) is 41.3 Å². The average molecular weight is 464 g/mol. The number of nitrogens with one attached hydrogen (secondary N) is 1. The third-order valence-corrected chi connectivity index (χ3v) is 7.28. The molecule has 29 heavy (non-hydrogen) atoms. The zero-order valence-corrected chi connectivity index (χ0v) is 17.4. The van der Waals surface area contributed by atoms with Gasteiger partial charge in [0.15, 0.2) is 0 Å². The van der Waals surface area contributed by atoms with Crippen LogP contribution in [0.3, 0.4) is 0 Å². The van der Waals surface area contributed by atoms with Gasteiger partial charge in [0, 0.05) is 32.2 Å². The molecule has 0 aliphatic carbocycles. The maximum Gasteiger partial charge on any atom is 0.246 e. The molecule has 1 heterocycles. The van der Waals surface area contributed by atoms with E-state index in [1.165, 1.54) is 16.4 Å². The minimum absolute atomic E-state index is 0.0423. The van der Waals surface area contributed by atoms with Gasteiger partial charge in [-0.1, -0.05) is 29.3 Å². The lowest BCUT2D eigenvalue weighted by molar-refractivity contribution is -0.117. The van der Waals surface area contributed by atoms with Gasteiger partial charge in [0.1, 0.15) is 16.5 Å². The minimum Gasteiger partial charge on any atom is -0.322 e. The van der Waals surface area contributed by atoms with Crippen LogP contribution in [-0.4, -0.2) is 56.3 Å². The first-order valence-corrected chi connectivity index (χ1v) is 10.8. The highest BCUT2D eigenvalue weighted by Gasteiger charge is 2.32. The Labute approximate surface area is 177 Å². The number of sulfonamides is 1. The number of hydrogen-bond acceptors (Lipinski definition) is 4. The molecule has 1 saturated heterocycles. The van der Waals surface area contributed by atoms with E-state index in [9.17, 15) is 22.0 Å². The fourth-order valence-corrected chi connectivity index (χ4v) is 5.48. The Balaban J connectivity index is 1.59. The van der Waals surface area contributed by atoms with Crippen LogP contribution in [-0.2, 0) is 14.8 Å². The number of halogens is 4. The lowest BCUT2D eigenvalue weighted by atomic mass is 10.3. The van der Waals surface area contributed by atoms with E-state index in [0.717, 1.165) is 12.1 Å². The van der Waals surface area contributed by atoms with E-state index in [-0.39, 0.29) is 40.3 Å². The molecular formula is C18H17Cl2F2N3O3S. The van der Waals surface area contributed by atoms with E-state index >= 15 is 0 Å². The number of amides is 1. The number of rotatable bonds is 5. The first-order chi connectivity index (χ1) is 13.7. The van der Waals surface area contributed by atoms with Crippen LogP contribution in [0.25, 0.3) is 0 Å². The molecule has 0 radical (unpaired) electrons. The highest BCUT2D eigenvalue weighted by molar-refractivity contribution is 7.89. The predicted molar refractivity (Wildman–Crippen MR) is 107 cm³/mol. The lowest BCUT2D eigenvalue weighted by Gasteiger charge is -2.33. The minimum atomic E-state index is -3.88. The summed E-state index contributed by atoms with van der Waals surface area (Å²) in [7, 11) is -3.88. The Kier molecular flexibility index (Phi) is 6.75. The van der Waals surface area contributed by atoms with E-state index in [1.54, 1.807) is 11.0 Å². The molecule has 1 aliphatic heterocycles. The van der Waals surface area contributed by atoms with Gasteiger partial charge in [0.05, 0.1) is 22.3 Å². The van der Waals surface area contributed by atoms with Gasteiger partial charge in [0.25, 0.3) is 0 Å². The van der Waals surface area contributed by atoms with Gasteiger partial charge in [-0.25, -0.2) is 17.2 Å². The van der Waals surface area contributed by atoms with Crippen molar-refractivity contribution in [1.82, 2.24) is 9.21 Å². The molecule has 11 heteroatoms. The molecule has 0 aromatic heterocycles. The first-order valence-electron chi connectivity index (χ1n) is 8.60. The fraction of sp³-hybridized carbons (Fsp3) is 0.278. The molecule has 0 unspecified atom stereocenters. The molecular weight excluding hydrogens is 447 g/mol. The second-order valence-corrected chi connectivity index (χ2v) is 9.09. The number of carbonyl (C=O) groups is 1. The molecule has 1 amide bonds. The van der Waals surface area contributed by atoms with Gasteiger partial charge in [-0.3, -0.25) is 9.69 Å². The van der Waals surface area contributed by atoms with Gasteiger partial charge in [-0.05, 0) is 24.3 Å². The highest BCUT2D eigenvalue weighted by Crippen LogP contribution is 2.31. The standard InChI is InChI=1S/C18H17Cl2F2N3O3S/c19-13-2-1-3-14(20)18(13)29(27,28)25-8-6-24(7-9-25)11-17(26)23-16-5-4-12(21)10-15(16)22/h1-5,10H,6-9,11H2,(H,23,26). The molecule has 1 N–H and O–H groups in total. The van der Waals surface area contributed by atoms with Crippen molar-refractivity contribution < 1.29 is 22.0 Å². The van der Waals surface area contributed by atoms with E-state index < -0.39 is 27.6 Å². The van der Waals surface area contributed by atoms with E-state index in [2.05, 4.69) is 5.32 Å². The Morgan fingerprint density at radius 1 is 1.03 bits per heavy atom. The number of piperazine rings is 1. The Bertz CT molecular complexity index is 1010. The molecule has 0 atom stereocenters. The van der Waals surface area contributed by atoms with Crippen LogP contribution < -0.4 is 5.32 Å². The summed E-state index contributed by atoms with van der Waals surface area (Å²) in [5.74, 6) is -2.09. The average Bonchev–Trinajstić information content (AvgIpc) is 2.64. The highest BCUT2D eigenvalue weighted by atomic mass is 35.5. The van der Waals surface area contributed by atoms with E-state index in [1.807, 2.05) is 0 Å². The largest absolute Gasteiger partial charge is 0.322 e. The van der Waals surface area contributed by atoms with Gasteiger partial charge < -0.3 is 5.32 Å². The third-order valence-electron chi connectivity index (χ3n) is 4.42. The number of anilines is 1. The Morgan fingerprint density at radius 3 is 2.24 bits per heavy atom. The Morgan fingerprint density at radius 2 is 1.66 bits per heavy atom. The third kappa shape index (κ3) is 5.04. The number of benzene rings is 2. The molecule has 1 aliphatic rings. The van der Waals surface area contributed by atoms with Gasteiger partial charge in [0.2, 0.25) is 15.9 Å².